The highest BCUT2D eigenvalue weighted by Gasteiger charge is 2.36. The fourth-order valence-corrected chi connectivity index (χ4v) is 7.18. The molecule has 236 valence electrons. The van der Waals surface area contributed by atoms with Crippen LogP contribution >= 0.6 is 0 Å². The third-order valence-electron chi connectivity index (χ3n) is 8.34. The maximum atomic E-state index is 14.3. The average Bonchev–Trinajstić information content (AvgIpc) is 2.92. The molecule has 1 amide bonds. The molecule has 3 heterocycles. The maximum Gasteiger partial charge on any atom is 0.264 e. The number of anilines is 1. The summed E-state index contributed by atoms with van der Waals surface area (Å²) < 4.78 is 42.3. The van der Waals surface area contributed by atoms with Crippen molar-refractivity contribution in [3.8, 4) is 17.1 Å². The summed E-state index contributed by atoms with van der Waals surface area (Å²) in [6.45, 7) is 16.0. The van der Waals surface area contributed by atoms with Crippen molar-refractivity contribution in [3.63, 3.8) is 0 Å². The SMILES string of the molecule is Cc1cccc(C)c1-c1cc2nc(n1)NS(=O)(=O)c1cccc(c1)C(=O)N(CC1CC(C)(C)CCO1)[C@H](CC(C)(C)C)CO2. The van der Waals surface area contributed by atoms with E-state index in [4.69, 9.17) is 9.47 Å². The molecule has 0 spiro atoms. The number of carbonyl (C=O) groups excluding carboxylic acids is 1. The maximum absolute atomic E-state index is 14.3. The summed E-state index contributed by atoms with van der Waals surface area (Å²) in [7, 11) is -4.13. The van der Waals surface area contributed by atoms with Crippen LogP contribution in [0.4, 0.5) is 5.95 Å². The van der Waals surface area contributed by atoms with Crippen molar-refractivity contribution in [1.82, 2.24) is 14.9 Å². The van der Waals surface area contributed by atoms with Gasteiger partial charge in [-0.15, -0.1) is 0 Å². The van der Waals surface area contributed by atoms with Gasteiger partial charge in [0.05, 0.1) is 22.7 Å². The second kappa shape index (κ2) is 12.1. The van der Waals surface area contributed by atoms with Crippen LogP contribution in [-0.2, 0) is 14.8 Å². The van der Waals surface area contributed by atoms with Gasteiger partial charge in [-0.3, -0.25) is 4.79 Å². The molecule has 2 aromatic carbocycles. The van der Waals surface area contributed by atoms with Crippen molar-refractivity contribution < 1.29 is 22.7 Å². The zero-order valence-corrected chi connectivity index (χ0v) is 27.6. The van der Waals surface area contributed by atoms with Crippen LogP contribution in [-0.4, -0.2) is 61.1 Å². The number of carbonyl (C=O) groups is 1. The summed E-state index contributed by atoms with van der Waals surface area (Å²) in [5.41, 5.74) is 3.65. The number of hydrogen-bond donors (Lipinski definition) is 1. The lowest BCUT2D eigenvalue weighted by atomic mass is 9.81. The van der Waals surface area contributed by atoms with Crippen LogP contribution in [0.3, 0.4) is 0 Å². The minimum Gasteiger partial charge on any atom is -0.475 e. The van der Waals surface area contributed by atoms with Crippen molar-refractivity contribution in [2.75, 3.05) is 24.5 Å². The van der Waals surface area contributed by atoms with Gasteiger partial charge in [-0.25, -0.2) is 18.1 Å². The molecule has 0 aliphatic carbocycles. The first-order chi connectivity index (χ1) is 20.6. The van der Waals surface area contributed by atoms with Crippen LogP contribution in [0.25, 0.3) is 11.3 Å². The molecule has 44 heavy (non-hydrogen) atoms. The highest BCUT2D eigenvalue weighted by atomic mass is 32.2. The van der Waals surface area contributed by atoms with E-state index in [1.54, 1.807) is 18.2 Å². The Morgan fingerprint density at radius 1 is 1.05 bits per heavy atom. The van der Waals surface area contributed by atoms with Gasteiger partial charge in [0.1, 0.15) is 6.61 Å². The lowest BCUT2D eigenvalue weighted by Gasteiger charge is -2.41. The van der Waals surface area contributed by atoms with Crippen LogP contribution in [0.15, 0.2) is 53.4 Å². The normalized spacial score (nSPS) is 21.7. The van der Waals surface area contributed by atoms with E-state index in [2.05, 4.69) is 49.3 Å². The van der Waals surface area contributed by atoms with E-state index in [9.17, 15) is 13.2 Å². The number of rotatable bonds is 4. The van der Waals surface area contributed by atoms with E-state index in [1.807, 2.05) is 36.9 Å². The molecule has 4 bridgehead atoms. The van der Waals surface area contributed by atoms with Gasteiger partial charge in [0.15, 0.2) is 0 Å². The number of ether oxygens (including phenoxy) is 2. The number of nitrogens with one attached hydrogen (secondary N) is 1. The third-order valence-corrected chi connectivity index (χ3v) is 9.67. The predicted octanol–water partition coefficient (Wildman–Crippen LogP) is 6.41. The summed E-state index contributed by atoms with van der Waals surface area (Å²) in [5, 5.41) is 0. The van der Waals surface area contributed by atoms with Gasteiger partial charge < -0.3 is 14.4 Å². The monoisotopic (exact) mass is 620 g/mol. The zero-order valence-electron chi connectivity index (χ0n) is 26.8. The Kier molecular flexibility index (Phi) is 8.79. The van der Waals surface area contributed by atoms with E-state index < -0.39 is 10.0 Å². The van der Waals surface area contributed by atoms with Gasteiger partial charge >= 0.3 is 0 Å². The number of fused-ring (bicyclic) bond motifs is 4. The quantitative estimate of drug-likeness (QED) is 0.359. The molecule has 9 nitrogen and oxygen atoms in total. The largest absolute Gasteiger partial charge is 0.475 e. The molecule has 2 aliphatic heterocycles. The molecular weight excluding hydrogens is 576 g/mol. The minimum atomic E-state index is -4.13. The second-order valence-corrected chi connectivity index (χ2v) is 15.8. The molecule has 1 saturated heterocycles. The number of aryl methyl sites for hydroxylation is 2. The molecule has 5 rings (SSSR count). The van der Waals surface area contributed by atoms with Gasteiger partial charge in [0.2, 0.25) is 11.8 Å². The Bertz CT molecular complexity index is 1630. The Balaban J connectivity index is 1.64. The molecule has 1 unspecified atom stereocenters. The molecule has 3 aromatic rings. The number of nitrogens with zero attached hydrogens (tertiary/aromatic N) is 3. The smallest absolute Gasteiger partial charge is 0.264 e. The lowest BCUT2D eigenvalue weighted by molar-refractivity contribution is -0.0551. The van der Waals surface area contributed by atoms with Crippen molar-refractivity contribution in [2.45, 2.75) is 84.8 Å². The van der Waals surface area contributed by atoms with E-state index in [0.717, 1.165) is 29.5 Å². The Labute approximate surface area is 261 Å². The third kappa shape index (κ3) is 7.41. The predicted molar refractivity (Wildman–Crippen MR) is 171 cm³/mol. The van der Waals surface area contributed by atoms with Crippen LogP contribution in [0, 0.1) is 24.7 Å². The molecule has 0 radical (unpaired) electrons. The van der Waals surface area contributed by atoms with Gasteiger partial charge in [0, 0.05) is 30.3 Å². The molecule has 1 fully saturated rings. The number of aromatic nitrogens is 2. The van der Waals surface area contributed by atoms with Crippen LogP contribution < -0.4 is 9.46 Å². The molecule has 2 atom stereocenters. The number of sulfonamides is 1. The zero-order chi connectivity index (χ0) is 31.9. The number of benzene rings is 2. The summed E-state index contributed by atoms with van der Waals surface area (Å²) in [5.74, 6) is -0.138. The Morgan fingerprint density at radius 2 is 1.75 bits per heavy atom. The lowest BCUT2D eigenvalue weighted by Crippen LogP contribution is -2.50. The highest BCUT2D eigenvalue weighted by molar-refractivity contribution is 7.92. The van der Waals surface area contributed by atoms with Gasteiger partial charge in [0.25, 0.3) is 15.9 Å². The summed E-state index contributed by atoms with van der Waals surface area (Å²) in [6.07, 6.45) is 2.26. The Hall–Kier alpha value is -3.50. The van der Waals surface area contributed by atoms with Gasteiger partial charge in [-0.05, 0) is 73.3 Å². The van der Waals surface area contributed by atoms with Crippen LogP contribution in [0.1, 0.15) is 75.4 Å². The van der Waals surface area contributed by atoms with Crippen LogP contribution in [0.2, 0.25) is 0 Å². The number of amides is 1. The van der Waals surface area contributed by atoms with E-state index in [-0.39, 0.29) is 57.8 Å². The first-order valence-electron chi connectivity index (χ1n) is 15.2. The van der Waals surface area contributed by atoms with Crippen molar-refractivity contribution in [3.05, 3.63) is 65.2 Å². The molecule has 1 N–H and O–H groups in total. The minimum absolute atomic E-state index is 0.0477. The van der Waals surface area contributed by atoms with Gasteiger partial charge in [-0.2, -0.15) is 4.98 Å². The summed E-state index contributed by atoms with van der Waals surface area (Å²) >= 11 is 0. The molecule has 2 aliphatic rings. The van der Waals surface area contributed by atoms with E-state index in [1.165, 1.54) is 12.1 Å². The summed E-state index contributed by atoms with van der Waals surface area (Å²) in [6, 6.07) is 13.5. The van der Waals surface area contributed by atoms with Crippen LogP contribution in [0.5, 0.6) is 5.88 Å². The topological polar surface area (TPSA) is 111 Å². The molecule has 1 aromatic heterocycles. The molecule has 10 heteroatoms. The first kappa shape index (κ1) is 31.9. The standard InChI is InChI=1S/C34H44N4O5S/c1-22-10-8-11-23(2)30(22)28-17-29-36-32(35-28)37-44(40,41)27-13-9-12-24(16-27)31(39)38(25(21-43-29)18-33(3,4)5)20-26-19-34(6,7)14-15-42-26/h8-13,16-17,25-26H,14-15,18-21H2,1-7H3,(H,35,36,37)/t25-,26?/m1/s1. The van der Waals surface area contributed by atoms with Crippen molar-refractivity contribution in [2.24, 2.45) is 10.8 Å². The second-order valence-electron chi connectivity index (χ2n) is 14.1. The molecular formula is C34H44N4O5S. The molecule has 0 saturated carbocycles. The van der Waals surface area contributed by atoms with E-state index in [0.29, 0.717) is 25.3 Å². The van der Waals surface area contributed by atoms with E-state index >= 15 is 0 Å². The van der Waals surface area contributed by atoms with Gasteiger partial charge in [-0.1, -0.05) is 58.9 Å². The number of hydrogen-bond acceptors (Lipinski definition) is 7. The fourth-order valence-electron chi connectivity index (χ4n) is 6.19. The fraction of sp³-hybridized carbons (Fsp3) is 0.500. The van der Waals surface area contributed by atoms with Crippen molar-refractivity contribution >= 4 is 21.9 Å². The summed E-state index contributed by atoms with van der Waals surface area (Å²) in [4.78, 5) is 25.2. The Morgan fingerprint density at radius 3 is 2.43 bits per heavy atom. The highest BCUT2D eigenvalue weighted by Crippen LogP contribution is 2.35. The first-order valence-corrected chi connectivity index (χ1v) is 16.7. The van der Waals surface area contributed by atoms with Crippen molar-refractivity contribution in [1.29, 1.82) is 0 Å². The average molecular weight is 621 g/mol.